The number of carbonyl (C=O) groups is 2. The quantitative estimate of drug-likeness (QED) is 0.406. The van der Waals surface area contributed by atoms with E-state index >= 15 is 0 Å². The van der Waals surface area contributed by atoms with Gasteiger partial charge in [-0.2, -0.15) is 5.10 Å². The summed E-state index contributed by atoms with van der Waals surface area (Å²) in [5.41, 5.74) is 3.79. The Bertz CT molecular complexity index is 1110. The third-order valence-electron chi connectivity index (χ3n) is 4.22. The summed E-state index contributed by atoms with van der Waals surface area (Å²) in [5.74, 6) is 0.346. The Morgan fingerprint density at radius 1 is 1.04 bits per heavy atom. The Balaban J connectivity index is 1.56. The molecule has 4 aromatic rings. The summed E-state index contributed by atoms with van der Waals surface area (Å²) in [6, 6.07) is 13.1. The van der Waals surface area contributed by atoms with Crippen LogP contribution >= 0.6 is 0 Å². The highest BCUT2D eigenvalue weighted by atomic mass is 16.2. The van der Waals surface area contributed by atoms with Crippen LogP contribution in [0.3, 0.4) is 0 Å². The molecule has 8 heteroatoms. The summed E-state index contributed by atoms with van der Waals surface area (Å²) in [5, 5.41) is 13.6. The fraction of sp³-hybridized carbons (Fsp3) is 0.158. The Morgan fingerprint density at radius 2 is 1.85 bits per heavy atom. The minimum Gasteiger partial charge on any atom is -0.355 e. The molecule has 0 saturated carbocycles. The van der Waals surface area contributed by atoms with Crippen molar-refractivity contribution in [1.82, 2.24) is 30.8 Å². The number of benzene rings is 2. The number of aromatic amines is 2. The molecule has 2 heterocycles. The molecule has 4 N–H and O–H groups in total. The smallest absolute Gasteiger partial charge is 0.251 e. The zero-order chi connectivity index (χ0) is 18.8. The summed E-state index contributed by atoms with van der Waals surface area (Å²) < 4.78 is 0. The minimum atomic E-state index is -0.206. The first kappa shape index (κ1) is 16.8. The predicted molar refractivity (Wildman–Crippen MR) is 102 cm³/mol. The van der Waals surface area contributed by atoms with Gasteiger partial charge in [-0.1, -0.05) is 12.1 Å². The second kappa shape index (κ2) is 6.91. The summed E-state index contributed by atoms with van der Waals surface area (Å²) in [7, 11) is 0. The summed E-state index contributed by atoms with van der Waals surface area (Å²) in [6.45, 7) is 2.20. The maximum Gasteiger partial charge on any atom is 0.251 e. The van der Waals surface area contributed by atoms with E-state index in [1.54, 1.807) is 12.1 Å². The molecule has 0 aliphatic heterocycles. The Hall–Kier alpha value is -3.68. The number of aromatic nitrogens is 4. The van der Waals surface area contributed by atoms with E-state index in [2.05, 4.69) is 30.8 Å². The van der Waals surface area contributed by atoms with Crippen molar-refractivity contribution in [3.05, 3.63) is 48.0 Å². The van der Waals surface area contributed by atoms with Gasteiger partial charge < -0.3 is 15.6 Å². The lowest BCUT2D eigenvalue weighted by Gasteiger charge is -2.05. The molecule has 0 fully saturated rings. The highest BCUT2D eigenvalue weighted by Crippen LogP contribution is 2.26. The molecule has 0 aliphatic rings. The number of fused-ring (bicyclic) bond motifs is 2. The molecular weight excluding hydrogens is 344 g/mol. The normalized spacial score (nSPS) is 11.0. The van der Waals surface area contributed by atoms with Crippen molar-refractivity contribution in [2.75, 3.05) is 13.1 Å². The van der Waals surface area contributed by atoms with Crippen LogP contribution in [0, 0.1) is 0 Å². The molecule has 136 valence electrons. The van der Waals surface area contributed by atoms with E-state index in [0.717, 1.165) is 21.9 Å². The van der Waals surface area contributed by atoms with E-state index in [9.17, 15) is 9.59 Å². The lowest BCUT2D eigenvalue weighted by atomic mass is 10.1. The number of H-pyrrole nitrogens is 2. The highest BCUT2D eigenvalue weighted by molar-refractivity contribution is 6.00. The van der Waals surface area contributed by atoms with Gasteiger partial charge >= 0.3 is 0 Å². The Labute approximate surface area is 154 Å². The van der Waals surface area contributed by atoms with Crippen LogP contribution in [0.4, 0.5) is 0 Å². The molecule has 2 aromatic carbocycles. The second-order valence-electron chi connectivity index (χ2n) is 6.17. The van der Waals surface area contributed by atoms with Crippen LogP contribution in [-0.4, -0.2) is 45.1 Å². The van der Waals surface area contributed by atoms with E-state index in [1.165, 1.54) is 6.92 Å². The maximum atomic E-state index is 12.3. The van der Waals surface area contributed by atoms with Gasteiger partial charge in [-0.25, -0.2) is 4.98 Å². The molecule has 4 rings (SSSR count). The van der Waals surface area contributed by atoms with Crippen LogP contribution in [0.5, 0.6) is 0 Å². The van der Waals surface area contributed by atoms with E-state index in [4.69, 9.17) is 0 Å². The molecule has 0 unspecified atom stereocenters. The third-order valence-corrected chi connectivity index (χ3v) is 4.22. The van der Waals surface area contributed by atoms with Crippen LogP contribution in [-0.2, 0) is 4.79 Å². The van der Waals surface area contributed by atoms with E-state index in [1.807, 2.05) is 30.3 Å². The molecule has 0 bridgehead atoms. The fourth-order valence-electron chi connectivity index (χ4n) is 2.92. The van der Waals surface area contributed by atoms with E-state index in [-0.39, 0.29) is 11.8 Å². The van der Waals surface area contributed by atoms with Crippen LogP contribution < -0.4 is 10.6 Å². The van der Waals surface area contributed by atoms with Gasteiger partial charge in [0.15, 0.2) is 5.82 Å². The average molecular weight is 362 g/mol. The lowest BCUT2D eigenvalue weighted by Crippen LogP contribution is -2.33. The first-order valence-corrected chi connectivity index (χ1v) is 8.58. The predicted octanol–water partition coefficient (Wildman–Crippen LogP) is 1.97. The monoisotopic (exact) mass is 362 g/mol. The molecule has 0 atom stereocenters. The first-order valence-electron chi connectivity index (χ1n) is 8.58. The zero-order valence-electron chi connectivity index (χ0n) is 14.7. The largest absolute Gasteiger partial charge is 0.355 e. The van der Waals surface area contributed by atoms with Crippen molar-refractivity contribution < 1.29 is 9.59 Å². The van der Waals surface area contributed by atoms with Crippen LogP contribution in [0.1, 0.15) is 17.3 Å². The Kier molecular flexibility index (Phi) is 4.29. The Morgan fingerprint density at radius 3 is 2.67 bits per heavy atom. The van der Waals surface area contributed by atoms with Gasteiger partial charge in [0.2, 0.25) is 5.91 Å². The van der Waals surface area contributed by atoms with Crippen LogP contribution in [0.25, 0.3) is 33.5 Å². The first-order chi connectivity index (χ1) is 13.1. The molecule has 2 amide bonds. The number of imidazole rings is 1. The fourth-order valence-corrected chi connectivity index (χ4v) is 2.92. The van der Waals surface area contributed by atoms with Crippen molar-refractivity contribution in [2.24, 2.45) is 0 Å². The van der Waals surface area contributed by atoms with Gasteiger partial charge in [-0.3, -0.25) is 14.7 Å². The summed E-state index contributed by atoms with van der Waals surface area (Å²) in [4.78, 5) is 30.9. The molecule has 0 saturated heterocycles. The summed E-state index contributed by atoms with van der Waals surface area (Å²) >= 11 is 0. The number of hydrogen-bond acceptors (Lipinski definition) is 4. The van der Waals surface area contributed by atoms with Crippen LogP contribution in [0.15, 0.2) is 42.5 Å². The molecule has 0 aliphatic carbocycles. The van der Waals surface area contributed by atoms with Gasteiger partial charge in [0.1, 0.15) is 5.69 Å². The van der Waals surface area contributed by atoms with Gasteiger partial charge in [-0.05, 0) is 30.3 Å². The third kappa shape index (κ3) is 3.37. The van der Waals surface area contributed by atoms with Crippen molar-refractivity contribution in [1.29, 1.82) is 0 Å². The van der Waals surface area contributed by atoms with E-state index in [0.29, 0.717) is 30.2 Å². The van der Waals surface area contributed by atoms with Crippen LogP contribution in [0.2, 0.25) is 0 Å². The standard InChI is InChI=1S/C19H18N6O2/c1-11(26)20-8-9-21-19(27)12-6-7-13-16(10-12)24-25-17(13)18-22-14-4-2-3-5-15(14)23-18/h2-7,10H,8-9H2,1H3,(H,20,26)(H,21,27)(H,22,23)(H,24,25). The SMILES string of the molecule is CC(=O)NCCNC(=O)c1ccc2c(-c3nc4ccccc4[nH]3)n[nH]c2c1. The van der Waals surface area contributed by atoms with Crippen molar-refractivity contribution in [2.45, 2.75) is 6.92 Å². The molecule has 0 radical (unpaired) electrons. The number of carbonyl (C=O) groups excluding carboxylic acids is 2. The van der Waals surface area contributed by atoms with E-state index < -0.39 is 0 Å². The number of rotatable bonds is 5. The molecule has 2 aromatic heterocycles. The average Bonchev–Trinajstić information content (AvgIpc) is 3.27. The number of amides is 2. The van der Waals surface area contributed by atoms with Crippen molar-refractivity contribution in [3.63, 3.8) is 0 Å². The van der Waals surface area contributed by atoms with Crippen molar-refractivity contribution in [3.8, 4) is 11.5 Å². The highest BCUT2D eigenvalue weighted by Gasteiger charge is 2.14. The number of nitrogens with zero attached hydrogens (tertiary/aromatic N) is 2. The minimum absolute atomic E-state index is 0.124. The zero-order valence-corrected chi connectivity index (χ0v) is 14.7. The summed E-state index contributed by atoms with van der Waals surface area (Å²) in [6.07, 6.45) is 0. The molecule has 8 nitrogen and oxygen atoms in total. The topological polar surface area (TPSA) is 116 Å². The van der Waals surface area contributed by atoms with Gasteiger partial charge in [0.25, 0.3) is 5.91 Å². The number of para-hydroxylation sites is 2. The van der Waals surface area contributed by atoms with Gasteiger partial charge in [0.05, 0.1) is 16.6 Å². The lowest BCUT2D eigenvalue weighted by molar-refractivity contribution is -0.118. The number of nitrogens with one attached hydrogen (secondary N) is 4. The molecule has 0 spiro atoms. The van der Waals surface area contributed by atoms with Gasteiger partial charge in [-0.15, -0.1) is 0 Å². The second-order valence-corrected chi connectivity index (χ2v) is 6.17. The molecular formula is C19H18N6O2. The maximum absolute atomic E-state index is 12.3. The molecule has 27 heavy (non-hydrogen) atoms. The number of hydrogen-bond donors (Lipinski definition) is 4. The van der Waals surface area contributed by atoms with Crippen molar-refractivity contribution >= 4 is 33.8 Å². The van der Waals surface area contributed by atoms with Gasteiger partial charge in [0, 0.05) is 31.0 Å².